The molecule has 2 saturated heterocycles. The molecule has 4 spiro atoms. The molecule has 7 saturated carbocycles. The first-order valence-electron chi connectivity index (χ1n) is 46.9. The molecule has 0 aromatic rings. The number of carboxylic acids is 1. The Kier molecular flexibility index (Phi) is 29.3. The Morgan fingerprint density at radius 1 is 0.542 bits per heavy atom. The number of hydrogen-bond donors (Lipinski definition) is 7. The topological polar surface area (TPSA) is 286 Å². The van der Waals surface area contributed by atoms with Crippen molar-refractivity contribution in [2.24, 2.45) is 115 Å². The highest BCUT2D eigenvalue weighted by atomic mass is 16.6. The average molecular weight is 1670 g/mol. The van der Waals surface area contributed by atoms with Crippen LogP contribution in [0.2, 0.25) is 0 Å². The van der Waals surface area contributed by atoms with Crippen LogP contribution in [0.1, 0.15) is 339 Å². The van der Waals surface area contributed by atoms with Gasteiger partial charge in [-0.05, 0) is 364 Å². The van der Waals surface area contributed by atoms with Crippen LogP contribution in [0.5, 0.6) is 0 Å². The minimum absolute atomic E-state index is 0.00991. The first kappa shape index (κ1) is 97.3. The van der Waals surface area contributed by atoms with Gasteiger partial charge in [0, 0.05) is 42.6 Å². The number of hydrogen-bond acceptors (Lipinski definition) is 15. The lowest BCUT2D eigenvalue weighted by Gasteiger charge is -2.50. The lowest BCUT2D eigenvalue weighted by molar-refractivity contribution is -0.133. The number of fused-ring (bicyclic) bond motifs is 5. The standard InChI is InChI=1S/C15H22O3.C15H24O3.C15H22O2.C15H26O2.C15H22O2.C15H26O2.C14H18O2/c1-10-6-12(17)7-11-4-5-15(8-13(10,11)2)14(3,9-16)18-15;1-10-6-13(17)7-11-4-5-12(8-14(10,11)2)15(3,18)9-16;1-10-7-12(16)8-11-5-6-15(9-14(10,11)4)13(2,3)17-15;1-9(2)11-7-8-15(4,17)13-6-5-12(10(3)16)14(11)13;1-10(2)13-5-4-11(3)15(13)8-6-12(7-9-15)14(16)17;1-11-5-4-6-12-7-8-13(9-14(11,12)2)15(3,17)10-16;1-9-6-13(16)7-10(2)14(9)5-4-12(8-14)11(3)15/h7,10,16H,4-6,8-9H2,1-3H3;7,10,12,16,18H,4-6,8-9H2,1-3H3;8,10H,5-7,9H2,1-4H3;9,11-14,17H,5-8H2,1-4H3;6,11,13H,1,4-5,7-9H2,2-3H3,(H,16,17);6,11,13,16-17H,4-5,7-10H2,1-3H3;6,8,10H,4-5,7H2,1-3H3/t10-,13+,14?,15?;10-,12?,14+,15?;;11?,12?,13-,14-,15-;11-,13+,15+;11-,13?,14+,15?;10-,14+/m11.1011/s1. The predicted octanol–water partition coefficient (Wildman–Crippen LogP) is 20.1. The lowest BCUT2D eigenvalue weighted by Crippen LogP contribution is -2.47. The number of ketones is 6. The van der Waals surface area contributed by atoms with Crippen LogP contribution < -0.4 is 0 Å². The normalized spacial score (nSPS) is 42.5. The third-order valence-corrected chi connectivity index (χ3v) is 36.7. The van der Waals surface area contributed by atoms with Gasteiger partial charge in [-0.25, -0.2) is 4.79 Å². The molecule has 0 bridgehead atoms. The molecule has 2 heterocycles. The summed E-state index contributed by atoms with van der Waals surface area (Å²) >= 11 is 0. The second-order valence-corrected chi connectivity index (χ2v) is 44.8. The van der Waals surface area contributed by atoms with Crippen LogP contribution in [-0.4, -0.2) is 135 Å². The predicted molar refractivity (Wildman–Crippen MR) is 475 cm³/mol. The second-order valence-electron chi connectivity index (χ2n) is 44.8. The van der Waals surface area contributed by atoms with Crippen LogP contribution >= 0.6 is 0 Å². The highest BCUT2D eigenvalue weighted by Gasteiger charge is 2.71. The Labute approximate surface area is 722 Å². The van der Waals surface area contributed by atoms with Crippen molar-refractivity contribution in [3.05, 3.63) is 93.7 Å². The number of allylic oxidation sites excluding steroid dienone is 14. The minimum atomic E-state index is -1.00. The van der Waals surface area contributed by atoms with Crippen molar-refractivity contribution in [3.63, 3.8) is 0 Å². The highest BCUT2D eigenvalue weighted by Crippen LogP contribution is 2.67. The van der Waals surface area contributed by atoms with E-state index in [1.165, 1.54) is 48.0 Å². The molecule has 25 atom stereocenters. The summed E-state index contributed by atoms with van der Waals surface area (Å²) in [5.41, 5.74) is 7.43. The van der Waals surface area contributed by atoms with Crippen LogP contribution in [-0.2, 0) is 43.0 Å². The van der Waals surface area contributed by atoms with Gasteiger partial charge in [0.15, 0.2) is 28.9 Å². The van der Waals surface area contributed by atoms with Crippen LogP contribution in [0, 0.1) is 115 Å². The Bertz CT molecular complexity index is 4110. The molecule has 2 aliphatic heterocycles. The zero-order valence-electron chi connectivity index (χ0n) is 78.3. The summed E-state index contributed by atoms with van der Waals surface area (Å²) in [6.07, 6.45) is 41.7. The first-order chi connectivity index (χ1) is 55.6. The smallest absolute Gasteiger partial charge is 0.331 e. The van der Waals surface area contributed by atoms with Gasteiger partial charge in [-0.15, -0.1) is 0 Å². The van der Waals surface area contributed by atoms with E-state index in [0.29, 0.717) is 113 Å². The molecule has 0 aromatic heterocycles. The number of carboxylic acid groups (broad SMARTS) is 1. The molecular formula is C104H160O16. The number of epoxide rings is 2. The van der Waals surface area contributed by atoms with E-state index in [1.807, 2.05) is 45.1 Å². The minimum Gasteiger partial charge on any atom is -0.478 e. The van der Waals surface area contributed by atoms with Crippen molar-refractivity contribution in [1.82, 2.24) is 0 Å². The highest BCUT2D eigenvalue weighted by molar-refractivity contribution is 5.96. The third kappa shape index (κ3) is 19.1. The molecule has 14 aliphatic carbocycles. The summed E-state index contributed by atoms with van der Waals surface area (Å²) in [5.74, 6) is 6.82. The van der Waals surface area contributed by atoms with E-state index in [9.17, 15) is 64.2 Å². The molecule has 0 amide bonds. The molecule has 7 N–H and O–H groups in total. The SMILES string of the molecule is C=C(C)[C@H]1CC[C@H](C)[C@]12CC=C(C(=O)O)CC2.CC(=O)C1=C[C@@]2(CC1)C(C)=CC(=O)C[C@H]2C.CC(=O)C1CC[C@@H]2[C@@H]1C(C(C)C)CC[C@@]2(C)O.CC1CC(=O)C=C2CCC3(CC21C)OC3(C)C.C[C@@H]1CC(=O)C=C2CCC(C(C)(O)CO)C[C@]21C.C[C@@H]1CC(=O)C=C2CCC3(C[C@]21C)OC3(C)CO.C[C@@H]1CCC=C2CCC(C(C)(O)CO)C[C@]21C. The summed E-state index contributed by atoms with van der Waals surface area (Å²) in [7, 11) is 0. The molecule has 672 valence electrons. The van der Waals surface area contributed by atoms with Gasteiger partial charge in [0.1, 0.15) is 17.0 Å². The Hall–Kier alpha value is -4.91. The number of aliphatic hydroxyl groups is 6. The molecule has 16 rings (SSSR count). The molecule has 16 heteroatoms. The number of rotatable bonds is 10. The van der Waals surface area contributed by atoms with Gasteiger partial charge >= 0.3 is 5.97 Å². The molecule has 16 aliphatic rings. The maximum absolute atomic E-state index is 11.8. The van der Waals surface area contributed by atoms with E-state index in [0.717, 1.165) is 146 Å². The fourth-order valence-corrected chi connectivity index (χ4v) is 26.7. The summed E-state index contributed by atoms with van der Waals surface area (Å²) in [5, 5.41) is 68.2. The quantitative estimate of drug-likeness (QED) is 0.0790. The van der Waals surface area contributed by atoms with E-state index in [-0.39, 0.29) is 110 Å². The van der Waals surface area contributed by atoms with Crippen molar-refractivity contribution in [3.8, 4) is 0 Å². The molecule has 16 nitrogen and oxygen atoms in total. The molecule has 9 fully saturated rings. The zero-order chi connectivity index (χ0) is 89.2. The van der Waals surface area contributed by atoms with Gasteiger partial charge in [-0.2, -0.15) is 0 Å². The summed E-state index contributed by atoms with van der Waals surface area (Å²) in [6, 6.07) is 0. The molecule has 11 unspecified atom stereocenters. The number of carbonyl (C=O) groups excluding carboxylic acids is 6. The van der Waals surface area contributed by atoms with Crippen molar-refractivity contribution < 1.29 is 78.8 Å². The van der Waals surface area contributed by atoms with Crippen molar-refractivity contribution in [2.75, 3.05) is 19.8 Å². The van der Waals surface area contributed by atoms with Gasteiger partial charge in [-0.3, -0.25) is 28.8 Å². The van der Waals surface area contributed by atoms with Crippen molar-refractivity contribution >= 4 is 40.7 Å². The van der Waals surface area contributed by atoms with Crippen LogP contribution in [0.15, 0.2) is 93.7 Å². The Balaban J connectivity index is 0.000000147. The summed E-state index contributed by atoms with van der Waals surface area (Å²) in [6.45, 7) is 50.2. The maximum Gasteiger partial charge on any atom is 0.331 e. The monoisotopic (exact) mass is 1670 g/mol. The lowest BCUT2D eigenvalue weighted by atomic mass is 9.56. The van der Waals surface area contributed by atoms with Gasteiger partial charge < -0.3 is 45.2 Å². The van der Waals surface area contributed by atoms with Gasteiger partial charge in [0.2, 0.25) is 0 Å². The van der Waals surface area contributed by atoms with E-state index in [1.54, 1.807) is 39.3 Å². The van der Waals surface area contributed by atoms with Crippen LogP contribution in [0.4, 0.5) is 0 Å². The molecule has 0 radical (unpaired) electrons. The molecule has 0 aromatic carbocycles. The number of ether oxygens (including phenoxy) is 2. The van der Waals surface area contributed by atoms with Crippen molar-refractivity contribution in [1.29, 1.82) is 0 Å². The maximum atomic E-state index is 11.8. The molecule has 120 heavy (non-hydrogen) atoms. The van der Waals surface area contributed by atoms with E-state index >= 15 is 0 Å². The van der Waals surface area contributed by atoms with E-state index in [4.69, 9.17) is 14.6 Å². The van der Waals surface area contributed by atoms with Gasteiger partial charge in [0.25, 0.3) is 0 Å². The first-order valence-corrected chi connectivity index (χ1v) is 46.9. The average Bonchev–Trinajstić information content (AvgIpc) is 1.53. The van der Waals surface area contributed by atoms with Gasteiger partial charge in [-0.1, -0.05) is 141 Å². The number of carbonyl (C=O) groups is 7. The zero-order valence-corrected chi connectivity index (χ0v) is 78.3. The van der Waals surface area contributed by atoms with Crippen molar-refractivity contribution in [2.45, 2.75) is 378 Å². The fourth-order valence-electron chi connectivity index (χ4n) is 26.7. The Morgan fingerprint density at radius 2 is 1.02 bits per heavy atom. The largest absolute Gasteiger partial charge is 0.478 e. The second kappa shape index (κ2) is 36.1. The van der Waals surface area contributed by atoms with Crippen LogP contribution in [0.3, 0.4) is 0 Å². The van der Waals surface area contributed by atoms with E-state index in [2.05, 4.69) is 123 Å². The number of aliphatic carboxylic acids is 1. The fraction of sp³-hybridized carbons (Fsp3) is 0.779. The molecular weight excluding hydrogens is 1510 g/mol. The van der Waals surface area contributed by atoms with E-state index < -0.39 is 22.8 Å². The summed E-state index contributed by atoms with van der Waals surface area (Å²) < 4.78 is 11.9. The number of Topliss-reactive ketones (excluding diaryl/α,β-unsaturated/α-hetero) is 2. The van der Waals surface area contributed by atoms with Crippen LogP contribution in [0.25, 0.3) is 0 Å². The number of aliphatic hydroxyl groups excluding tert-OH is 3. The van der Waals surface area contributed by atoms with Gasteiger partial charge in [0.05, 0.1) is 47.8 Å². The third-order valence-electron chi connectivity index (χ3n) is 36.7. The Morgan fingerprint density at radius 3 is 1.48 bits per heavy atom. The summed E-state index contributed by atoms with van der Waals surface area (Å²) in [4.78, 5) is 80.6.